The van der Waals surface area contributed by atoms with Crippen molar-refractivity contribution in [2.24, 2.45) is 0 Å². The van der Waals surface area contributed by atoms with Gasteiger partial charge in [0.2, 0.25) is 0 Å². The van der Waals surface area contributed by atoms with Crippen LogP contribution in [0.15, 0.2) is 0 Å². The predicted molar refractivity (Wildman–Crippen MR) is 50.5 cm³/mol. The maximum Gasteiger partial charge on any atom is 0.473 e. The highest BCUT2D eigenvalue weighted by Gasteiger charge is 2.55. The second kappa shape index (κ2) is 4.16. The first-order valence-corrected chi connectivity index (χ1v) is 6.21. The normalized spacial score (nSPS) is 49.5. The van der Waals surface area contributed by atoms with Gasteiger partial charge in [-0.1, -0.05) is 0 Å². The Morgan fingerprint density at radius 1 is 1.47 bits per heavy atom. The summed E-state index contributed by atoms with van der Waals surface area (Å²) in [5, 5.41) is 0. The van der Waals surface area contributed by atoms with Gasteiger partial charge in [0.15, 0.2) is 0 Å². The highest BCUT2D eigenvalue weighted by molar-refractivity contribution is 7.47. The highest BCUT2D eigenvalue weighted by atomic mass is 31.2. The molecule has 5 unspecified atom stereocenters. The van der Waals surface area contributed by atoms with Crippen molar-refractivity contribution in [1.29, 1.82) is 0 Å². The fraction of sp³-hybridized carbons (Fsp3) is 1.00. The Balaban J connectivity index is 2.02. The quantitative estimate of drug-likeness (QED) is 0.538. The molecule has 0 aromatic rings. The van der Waals surface area contributed by atoms with Gasteiger partial charge in [0.25, 0.3) is 0 Å². The van der Waals surface area contributed by atoms with Gasteiger partial charge in [-0.25, -0.2) is 4.57 Å². The largest absolute Gasteiger partial charge is 0.473 e. The molecule has 0 aromatic carbocycles. The molecule has 2 heterocycles. The smallest absolute Gasteiger partial charge is 0.379 e. The van der Waals surface area contributed by atoms with Gasteiger partial charge < -0.3 is 14.4 Å². The highest BCUT2D eigenvalue weighted by Crippen LogP contribution is 2.56. The minimum absolute atomic E-state index is 0.273. The molecule has 15 heavy (non-hydrogen) atoms. The van der Waals surface area contributed by atoms with Gasteiger partial charge in [-0.2, -0.15) is 0 Å². The molecule has 2 rings (SSSR count). The predicted octanol–water partition coefficient (Wildman–Crippen LogP) is -0.199. The maximum absolute atomic E-state index is 11.2. The van der Waals surface area contributed by atoms with Gasteiger partial charge in [0.05, 0.1) is 6.61 Å². The van der Waals surface area contributed by atoms with E-state index >= 15 is 0 Å². The fourth-order valence-corrected chi connectivity index (χ4v) is 2.86. The van der Waals surface area contributed by atoms with E-state index in [1.807, 2.05) is 6.92 Å². The lowest BCUT2D eigenvalue weighted by Gasteiger charge is -2.16. The molecule has 5 atom stereocenters. The third-order valence-electron chi connectivity index (χ3n) is 2.34. The number of phosphoric ester groups is 1. The molecule has 0 aromatic heterocycles. The van der Waals surface area contributed by atoms with E-state index < -0.39 is 32.1 Å². The second-order valence-corrected chi connectivity index (χ2v) is 4.77. The van der Waals surface area contributed by atoms with Crippen LogP contribution < -0.4 is 0 Å². The van der Waals surface area contributed by atoms with Crippen molar-refractivity contribution >= 4 is 15.7 Å². The first-order valence-electron chi connectivity index (χ1n) is 4.72. The Hall–Kier alpha value is 0.0949. The van der Waals surface area contributed by atoms with E-state index in [1.54, 1.807) is 0 Å². The van der Waals surface area contributed by atoms with Crippen molar-refractivity contribution in [3.8, 4) is 0 Å². The summed E-state index contributed by atoms with van der Waals surface area (Å²) in [6.45, 7) is 2.65. The van der Waals surface area contributed by atoms with Crippen molar-refractivity contribution < 1.29 is 28.0 Å². The molecule has 84 valence electrons. The molecule has 2 aliphatic rings. The number of hydrogen-bond donors (Lipinski definition) is 1. The lowest BCUT2D eigenvalue weighted by atomic mass is 9.93. The van der Waals surface area contributed by atoms with E-state index in [0.29, 0.717) is 6.61 Å². The number of hydrogen-bond acceptors (Lipinski definition) is 5. The van der Waals surface area contributed by atoms with Gasteiger partial charge in [-0.05, 0) is 6.92 Å². The summed E-state index contributed by atoms with van der Waals surface area (Å²) in [5.41, 5.74) is 0. The summed E-state index contributed by atoms with van der Waals surface area (Å²) >= 11 is 0. The van der Waals surface area contributed by atoms with E-state index in [9.17, 15) is 4.57 Å². The summed E-state index contributed by atoms with van der Waals surface area (Å²) in [6.07, 6.45) is -1.76. The number of ether oxygens (including phenoxy) is 2. The third-order valence-corrected chi connectivity index (χ3v) is 3.36. The summed E-state index contributed by atoms with van der Waals surface area (Å²) < 4.78 is 31.2. The Bertz CT molecular complexity index is 287. The molecular weight excluding hydrogens is 222 g/mol. The third kappa shape index (κ3) is 2.28. The summed E-state index contributed by atoms with van der Waals surface area (Å²) in [5.74, 6) is 0. The zero-order chi connectivity index (χ0) is 11.1. The van der Waals surface area contributed by atoms with Crippen LogP contribution in [0, 0.1) is 0 Å². The second-order valence-electron chi connectivity index (χ2n) is 3.41. The van der Waals surface area contributed by atoms with Gasteiger partial charge in [-0.15, -0.1) is 0 Å². The van der Waals surface area contributed by atoms with Crippen LogP contribution in [-0.4, -0.2) is 50.3 Å². The molecule has 2 aliphatic heterocycles. The lowest BCUT2D eigenvalue weighted by molar-refractivity contribution is -0.0256. The van der Waals surface area contributed by atoms with Crippen LogP contribution in [0.3, 0.4) is 0 Å². The summed E-state index contributed by atoms with van der Waals surface area (Å²) in [4.78, 5) is 9.12. The minimum Gasteiger partial charge on any atom is -0.379 e. The number of fused-ring (bicyclic) bond motifs is 1. The first-order chi connectivity index (χ1) is 7.03. The van der Waals surface area contributed by atoms with Crippen molar-refractivity contribution in [1.82, 2.24) is 0 Å². The molecule has 0 amide bonds. The van der Waals surface area contributed by atoms with Crippen LogP contribution in [0.1, 0.15) is 6.92 Å². The first kappa shape index (κ1) is 11.6. The van der Waals surface area contributed by atoms with Gasteiger partial charge >= 0.3 is 7.82 Å². The van der Waals surface area contributed by atoms with E-state index in [0.717, 1.165) is 0 Å². The Morgan fingerprint density at radius 2 is 2.13 bits per heavy atom. The van der Waals surface area contributed by atoms with E-state index in [1.165, 1.54) is 0 Å². The molecule has 2 fully saturated rings. The molecule has 1 N–H and O–H groups in total. The van der Waals surface area contributed by atoms with Crippen molar-refractivity contribution in [2.75, 3.05) is 13.2 Å². The summed E-state index contributed by atoms with van der Waals surface area (Å²) in [7, 11) is 1.64. The van der Waals surface area contributed by atoms with Crippen LogP contribution in [-0.2, 0) is 23.1 Å². The van der Waals surface area contributed by atoms with E-state index in [2.05, 4.69) is 0 Å². The van der Waals surface area contributed by atoms with Gasteiger partial charge in [0, 0.05) is 12.6 Å². The molecule has 6 nitrogen and oxygen atoms in total. The molecule has 8 heteroatoms. The number of rotatable bonds is 3. The Kier molecular flexibility index (Phi) is 3.21. The molecule has 0 bridgehead atoms. The molecule has 2 radical (unpaired) electrons. The summed E-state index contributed by atoms with van der Waals surface area (Å²) in [6, 6.07) is -0.747. The van der Waals surface area contributed by atoms with Crippen molar-refractivity contribution in [2.45, 2.75) is 31.2 Å². The molecule has 2 saturated heterocycles. The average molecular weight is 234 g/mol. The molecule has 0 spiro atoms. The fourth-order valence-electron chi connectivity index (χ4n) is 1.70. The van der Waals surface area contributed by atoms with Crippen LogP contribution in [0.4, 0.5) is 0 Å². The van der Waals surface area contributed by atoms with Crippen molar-refractivity contribution in [3.63, 3.8) is 0 Å². The van der Waals surface area contributed by atoms with Crippen molar-refractivity contribution in [3.05, 3.63) is 0 Å². The SMILES string of the molecule is [B]C1OC(COCC)C2OP(=O)(O)OC12. The zero-order valence-electron chi connectivity index (χ0n) is 8.24. The number of phosphoric acid groups is 1. The monoisotopic (exact) mass is 234 g/mol. The van der Waals surface area contributed by atoms with Gasteiger partial charge in [-0.3, -0.25) is 9.05 Å². The lowest BCUT2D eigenvalue weighted by Crippen LogP contribution is -2.32. The minimum atomic E-state index is -3.94. The molecular formula is C7H12BO6P. The van der Waals surface area contributed by atoms with Crippen LogP contribution in [0.5, 0.6) is 0 Å². The average Bonchev–Trinajstić information content (AvgIpc) is 2.60. The topological polar surface area (TPSA) is 74.2 Å². The maximum atomic E-state index is 11.2. The van der Waals surface area contributed by atoms with Crippen LogP contribution >= 0.6 is 7.82 Å². The van der Waals surface area contributed by atoms with E-state index in [4.69, 9.17) is 31.3 Å². The zero-order valence-corrected chi connectivity index (χ0v) is 9.13. The molecule has 0 saturated carbocycles. The van der Waals surface area contributed by atoms with Crippen LogP contribution in [0.2, 0.25) is 0 Å². The van der Waals surface area contributed by atoms with Crippen LogP contribution in [0.25, 0.3) is 0 Å². The van der Waals surface area contributed by atoms with E-state index in [-0.39, 0.29) is 6.61 Å². The molecule has 0 aliphatic carbocycles. The standard InChI is InChI=1S/C7H12BO6P/c1-2-11-3-4-5-6(7(8)12-4)14-15(9,10)13-5/h4-7H,2-3H2,1H3,(H,9,10). The Labute approximate surface area is 88.9 Å². The van der Waals surface area contributed by atoms with Gasteiger partial charge in [0.1, 0.15) is 26.2 Å². The Morgan fingerprint density at radius 3 is 2.80 bits per heavy atom.